The van der Waals surface area contributed by atoms with E-state index < -0.39 is 0 Å². The van der Waals surface area contributed by atoms with Crippen LogP contribution in [0.5, 0.6) is 0 Å². The lowest BCUT2D eigenvalue weighted by Gasteiger charge is -2.17. The highest BCUT2D eigenvalue weighted by atomic mass is 32.1. The molecule has 2 aromatic carbocycles. The lowest BCUT2D eigenvalue weighted by Crippen LogP contribution is -2.22. The molecule has 6 heteroatoms. The predicted molar refractivity (Wildman–Crippen MR) is 106 cm³/mol. The second-order valence-corrected chi connectivity index (χ2v) is 7.04. The molecule has 0 saturated heterocycles. The number of benzene rings is 2. The third kappa shape index (κ3) is 4.41. The Kier molecular flexibility index (Phi) is 5.66. The van der Waals surface area contributed by atoms with Gasteiger partial charge in [-0.2, -0.15) is 0 Å². The first-order valence-corrected chi connectivity index (χ1v) is 9.38. The van der Waals surface area contributed by atoms with E-state index in [9.17, 15) is 9.59 Å². The molecule has 0 N–H and O–H groups in total. The number of carbonyl (C=O) groups excluding carboxylic acids is 2. The highest BCUT2D eigenvalue weighted by Gasteiger charge is 2.18. The molecule has 3 rings (SSSR count). The van der Waals surface area contributed by atoms with Crippen LogP contribution in [0.1, 0.15) is 34.1 Å². The summed E-state index contributed by atoms with van der Waals surface area (Å²) in [5, 5.41) is 2.34. The van der Waals surface area contributed by atoms with Crippen LogP contribution in [0.3, 0.4) is 0 Å². The number of anilines is 2. The molecule has 1 heterocycles. The molecule has 1 amide bonds. The van der Waals surface area contributed by atoms with Gasteiger partial charge in [-0.1, -0.05) is 35.9 Å². The summed E-state index contributed by atoms with van der Waals surface area (Å²) in [5.74, 6) is -0.511. The Morgan fingerprint density at radius 3 is 2.52 bits per heavy atom. The average molecular weight is 380 g/mol. The van der Waals surface area contributed by atoms with Gasteiger partial charge in [-0.15, -0.1) is 11.3 Å². The van der Waals surface area contributed by atoms with Crippen LogP contribution in [0, 0.1) is 13.8 Å². The SMILES string of the molecule is CC(=O)N(c1ccccc1)c1nc(COC(=O)c2ccc(C)cc2C)cs1. The van der Waals surface area contributed by atoms with Crippen molar-refractivity contribution in [3.8, 4) is 0 Å². The molecular weight excluding hydrogens is 360 g/mol. The summed E-state index contributed by atoms with van der Waals surface area (Å²) in [7, 11) is 0. The third-order valence-corrected chi connectivity index (χ3v) is 4.89. The van der Waals surface area contributed by atoms with E-state index in [-0.39, 0.29) is 18.5 Å². The van der Waals surface area contributed by atoms with Crippen molar-refractivity contribution in [3.63, 3.8) is 0 Å². The number of aromatic nitrogens is 1. The number of hydrogen-bond acceptors (Lipinski definition) is 5. The monoisotopic (exact) mass is 380 g/mol. The van der Waals surface area contributed by atoms with Gasteiger partial charge in [0.2, 0.25) is 5.91 Å². The normalized spacial score (nSPS) is 10.5. The number of carbonyl (C=O) groups is 2. The Labute approximate surface area is 162 Å². The zero-order valence-corrected chi connectivity index (χ0v) is 16.2. The van der Waals surface area contributed by atoms with Gasteiger partial charge in [0.1, 0.15) is 6.61 Å². The van der Waals surface area contributed by atoms with Crippen molar-refractivity contribution in [2.24, 2.45) is 0 Å². The first-order valence-electron chi connectivity index (χ1n) is 8.50. The fraction of sp³-hybridized carbons (Fsp3) is 0.190. The number of nitrogens with zero attached hydrogens (tertiary/aromatic N) is 2. The van der Waals surface area contributed by atoms with Gasteiger partial charge in [0.25, 0.3) is 0 Å². The molecule has 5 nitrogen and oxygen atoms in total. The maximum Gasteiger partial charge on any atom is 0.338 e. The van der Waals surface area contributed by atoms with Crippen LogP contribution in [0.25, 0.3) is 0 Å². The molecule has 0 bridgehead atoms. The van der Waals surface area contributed by atoms with Gasteiger partial charge in [0, 0.05) is 12.3 Å². The minimum atomic E-state index is -0.381. The summed E-state index contributed by atoms with van der Waals surface area (Å²) >= 11 is 1.34. The van der Waals surface area contributed by atoms with E-state index in [0.717, 1.165) is 16.8 Å². The zero-order chi connectivity index (χ0) is 19.4. The predicted octanol–water partition coefficient (Wildman–Crippen LogP) is 4.80. The molecule has 0 atom stereocenters. The Bertz CT molecular complexity index is 967. The minimum absolute atomic E-state index is 0.0587. The van der Waals surface area contributed by atoms with Crippen molar-refractivity contribution >= 4 is 34.0 Å². The van der Waals surface area contributed by atoms with Crippen molar-refractivity contribution in [1.82, 2.24) is 4.98 Å². The number of aryl methyl sites for hydroxylation is 2. The van der Waals surface area contributed by atoms with Gasteiger partial charge in [0.15, 0.2) is 5.13 Å². The van der Waals surface area contributed by atoms with E-state index in [1.54, 1.807) is 16.3 Å². The molecule has 0 fully saturated rings. The van der Waals surface area contributed by atoms with Gasteiger partial charge in [-0.05, 0) is 37.6 Å². The van der Waals surface area contributed by atoms with Crippen molar-refractivity contribution in [3.05, 3.63) is 76.3 Å². The van der Waals surface area contributed by atoms with Crippen LogP contribution in [0.15, 0.2) is 53.9 Å². The molecule has 0 aliphatic rings. The number of ether oxygens (including phenoxy) is 1. The fourth-order valence-corrected chi connectivity index (χ4v) is 3.60. The van der Waals surface area contributed by atoms with Crippen molar-refractivity contribution in [1.29, 1.82) is 0 Å². The maximum atomic E-state index is 12.3. The number of esters is 1. The van der Waals surface area contributed by atoms with E-state index in [2.05, 4.69) is 4.98 Å². The van der Waals surface area contributed by atoms with Crippen LogP contribution in [0.2, 0.25) is 0 Å². The van der Waals surface area contributed by atoms with Crippen molar-refractivity contribution < 1.29 is 14.3 Å². The van der Waals surface area contributed by atoms with E-state index in [1.807, 2.05) is 56.3 Å². The van der Waals surface area contributed by atoms with Crippen LogP contribution < -0.4 is 4.90 Å². The highest BCUT2D eigenvalue weighted by Crippen LogP contribution is 2.29. The Morgan fingerprint density at radius 1 is 1.11 bits per heavy atom. The molecule has 0 aliphatic carbocycles. The van der Waals surface area contributed by atoms with Gasteiger partial charge in [-0.3, -0.25) is 9.69 Å². The van der Waals surface area contributed by atoms with Gasteiger partial charge in [0.05, 0.1) is 16.9 Å². The molecule has 0 spiro atoms. The van der Waals surface area contributed by atoms with E-state index in [1.165, 1.54) is 18.3 Å². The topological polar surface area (TPSA) is 59.5 Å². The zero-order valence-electron chi connectivity index (χ0n) is 15.4. The quantitative estimate of drug-likeness (QED) is 0.597. The summed E-state index contributed by atoms with van der Waals surface area (Å²) in [4.78, 5) is 30.4. The molecule has 3 aromatic rings. The average Bonchev–Trinajstić information content (AvgIpc) is 3.09. The van der Waals surface area contributed by atoms with Crippen molar-refractivity contribution in [2.75, 3.05) is 4.90 Å². The largest absolute Gasteiger partial charge is 0.456 e. The van der Waals surface area contributed by atoms with E-state index in [4.69, 9.17) is 4.74 Å². The molecule has 0 unspecified atom stereocenters. The minimum Gasteiger partial charge on any atom is -0.456 e. The molecule has 27 heavy (non-hydrogen) atoms. The van der Waals surface area contributed by atoms with E-state index >= 15 is 0 Å². The van der Waals surface area contributed by atoms with Crippen LogP contribution in [-0.4, -0.2) is 16.9 Å². The Hall–Kier alpha value is -2.99. The number of amides is 1. The van der Waals surface area contributed by atoms with Gasteiger partial charge >= 0.3 is 5.97 Å². The Balaban J connectivity index is 1.72. The summed E-state index contributed by atoms with van der Waals surface area (Å²) in [6.07, 6.45) is 0. The molecule has 1 aromatic heterocycles. The lowest BCUT2D eigenvalue weighted by molar-refractivity contribution is -0.115. The number of rotatable bonds is 5. The first kappa shape index (κ1) is 18.8. The van der Waals surface area contributed by atoms with Crippen LogP contribution in [0.4, 0.5) is 10.8 Å². The molecule has 0 saturated carbocycles. The summed E-state index contributed by atoms with van der Waals surface area (Å²) in [5.41, 5.74) is 3.88. The third-order valence-electron chi connectivity index (χ3n) is 4.01. The van der Waals surface area contributed by atoms with Gasteiger partial charge in [-0.25, -0.2) is 9.78 Å². The molecule has 0 aliphatic heterocycles. The van der Waals surface area contributed by atoms with Crippen LogP contribution >= 0.6 is 11.3 Å². The number of thiazole rings is 1. The maximum absolute atomic E-state index is 12.3. The van der Waals surface area contributed by atoms with Crippen LogP contribution in [-0.2, 0) is 16.1 Å². The second-order valence-electron chi connectivity index (χ2n) is 6.21. The molecule has 138 valence electrons. The summed E-state index contributed by atoms with van der Waals surface area (Å²) in [6, 6.07) is 14.9. The standard InChI is InChI=1S/C21H20N2O3S/c1-14-9-10-19(15(2)11-14)20(25)26-12-17-13-27-21(22-17)23(16(3)24)18-7-5-4-6-8-18/h4-11,13H,12H2,1-3H3. The fourth-order valence-electron chi connectivity index (χ4n) is 2.73. The lowest BCUT2D eigenvalue weighted by atomic mass is 10.1. The number of para-hydroxylation sites is 1. The molecule has 0 radical (unpaired) electrons. The van der Waals surface area contributed by atoms with Gasteiger partial charge < -0.3 is 4.74 Å². The summed E-state index contributed by atoms with van der Waals surface area (Å²) in [6.45, 7) is 5.42. The summed E-state index contributed by atoms with van der Waals surface area (Å²) < 4.78 is 5.40. The highest BCUT2D eigenvalue weighted by molar-refractivity contribution is 7.14. The van der Waals surface area contributed by atoms with Crippen molar-refractivity contribution in [2.45, 2.75) is 27.4 Å². The Morgan fingerprint density at radius 2 is 1.85 bits per heavy atom. The smallest absolute Gasteiger partial charge is 0.338 e. The number of hydrogen-bond donors (Lipinski definition) is 0. The molecular formula is C21H20N2O3S. The first-order chi connectivity index (χ1) is 13.0. The van der Waals surface area contributed by atoms with E-state index in [0.29, 0.717) is 16.4 Å². The second kappa shape index (κ2) is 8.14.